The quantitative estimate of drug-likeness (QED) is 0.600. The van der Waals surface area contributed by atoms with E-state index in [-0.39, 0.29) is 18.1 Å². The van der Waals surface area contributed by atoms with E-state index < -0.39 is 11.7 Å². The number of carbonyl (C=O) groups is 1. The van der Waals surface area contributed by atoms with Gasteiger partial charge in [-0.15, -0.1) is 0 Å². The van der Waals surface area contributed by atoms with Crippen molar-refractivity contribution in [3.63, 3.8) is 0 Å². The first-order chi connectivity index (χ1) is 13.3. The van der Waals surface area contributed by atoms with Crippen LogP contribution in [0.3, 0.4) is 0 Å². The standard InChI is InChI=1S/C20H21F3N4O/c1-14-26-17-8-2-3-9-18(17)27(14)11-5-10-24-19(28)13-25-16-7-4-6-15(12-16)20(21,22)23/h2-4,6-9,12,25H,5,10-11,13H2,1H3,(H,24,28). The van der Waals surface area contributed by atoms with Gasteiger partial charge in [0.05, 0.1) is 23.1 Å². The first kappa shape index (κ1) is 19.7. The molecule has 2 aromatic carbocycles. The Bertz CT molecular complexity index is 965. The topological polar surface area (TPSA) is 59.0 Å². The van der Waals surface area contributed by atoms with Crippen LogP contribution in [-0.2, 0) is 17.5 Å². The van der Waals surface area contributed by atoms with Crippen molar-refractivity contribution in [2.75, 3.05) is 18.4 Å². The van der Waals surface area contributed by atoms with Crippen molar-refractivity contribution in [2.45, 2.75) is 26.1 Å². The van der Waals surface area contributed by atoms with Gasteiger partial charge in [-0.3, -0.25) is 4.79 Å². The average Bonchev–Trinajstić information content (AvgIpc) is 2.98. The van der Waals surface area contributed by atoms with Gasteiger partial charge in [-0.05, 0) is 43.7 Å². The molecule has 0 aliphatic rings. The molecule has 8 heteroatoms. The van der Waals surface area contributed by atoms with Gasteiger partial charge in [0.25, 0.3) is 0 Å². The number of carbonyl (C=O) groups excluding carboxylic acids is 1. The van der Waals surface area contributed by atoms with Gasteiger partial charge in [0.1, 0.15) is 5.82 Å². The molecule has 0 atom stereocenters. The molecular formula is C20H21F3N4O. The highest BCUT2D eigenvalue weighted by molar-refractivity contribution is 5.80. The number of hydrogen-bond acceptors (Lipinski definition) is 3. The lowest BCUT2D eigenvalue weighted by molar-refractivity contribution is -0.137. The zero-order chi connectivity index (χ0) is 20.1. The molecule has 0 radical (unpaired) electrons. The number of nitrogens with one attached hydrogen (secondary N) is 2. The van der Waals surface area contributed by atoms with E-state index in [1.165, 1.54) is 12.1 Å². The third-order valence-corrected chi connectivity index (χ3v) is 4.37. The Morgan fingerprint density at radius 2 is 1.93 bits per heavy atom. The summed E-state index contributed by atoms with van der Waals surface area (Å²) >= 11 is 0. The molecule has 2 N–H and O–H groups in total. The molecule has 3 rings (SSSR count). The number of halogens is 3. The number of amides is 1. The third-order valence-electron chi connectivity index (χ3n) is 4.37. The summed E-state index contributed by atoms with van der Waals surface area (Å²) in [4.78, 5) is 16.4. The average molecular weight is 390 g/mol. The minimum atomic E-state index is -4.41. The largest absolute Gasteiger partial charge is 0.416 e. The van der Waals surface area contributed by atoms with E-state index in [9.17, 15) is 18.0 Å². The molecule has 28 heavy (non-hydrogen) atoms. The number of fused-ring (bicyclic) bond motifs is 1. The van der Waals surface area contributed by atoms with Crippen LogP contribution in [0, 0.1) is 6.92 Å². The minimum absolute atomic E-state index is 0.0889. The number of aryl methyl sites for hydroxylation is 2. The second kappa shape index (κ2) is 8.33. The first-order valence-electron chi connectivity index (χ1n) is 8.94. The molecule has 0 bridgehead atoms. The van der Waals surface area contributed by atoms with Crippen molar-refractivity contribution < 1.29 is 18.0 Å². The SMILES string of the molecule is Cc1nc2ccccc2n1CCCNC(=O)CNc1cccc(C(F)(F)F)c1. The van der Waals surface area contributed by atoms with Gasteiger partial charge >= 0.3 is 6.18 Å². The molecule has 148 valence electrons. The number of anilines is 1. The van der Waals surface area contributed by atoms with Crippen LogP contribution >= 0.6 is 0 Å². The Morgan fingerprint density at radius 3 is 2.71 bits per heavy atom. The van der Waals surface area contributed by atoms with E-state index in [1.54, 1.807) is 0 Å². The Labute approximate surface area is 160 Å². The van der Waals surface area contributed by atoms with Crippen LogP contribution in [0.25, 0.3) is 11.0 Å². The maximum atomic E-state index is 12.7. The second-order valence-electron chi connectivity index (χ2n) is 6.43. The monoisotopic (exact) mass is 390 g/mol. The van der Waals surface area contributed by atoms with Crippen LogP contribution < -0.4 is 10.6 Å². The molecule has 5 nitrogen and oxygen atoms in total. The van der Waals surface area contributed by atoms with Crippen LogP contribution in [0.4, 0.5) is 18.9 Å². The van der Waals surface area contributed by atoms with E-state index >= 15 is 0 Å². The number of rotatable bonds is 7. The lowest BCUT2D eigenvalue weighted by Gasteiger charge is -2.11. The summed E-state index contributed by atoms with van der Waals surface area (Å²) in [5.74, 6) is 0.642. The maximum absolute atomic E-state index is 12.7. The summed E-state index contributed by atoms with van der Waals surface area (Å²) in [7, 11) is 0. The molecule has 0 aliphatic carbocycles. The van der Waals surface area contributed by atoms with E-state index in [0.29, 0.717) is 13.1 Å². The van der Waals surface area contributed by atoms with E-state index in [4.69, 9.17) is 0 Å². The molecule has 0 saturated carbocycles. The molecule has 1 heterocycles. The van der Waals surface area contributed by atoms with Crippen LogP contribution in [0.1, 0.15) is 17.8 Å². The number of alkyl halides is 3. The van der Waals surface area contributed by atoms with Gasteiger partial charge in [-0.2, -0.15) is 13.2 Å². The molecular weight excluding hydrogens is 369 g/mol. The second-order valence-corrected chi connectivity index (χ2v) is 6.43. The van der Waals surface area contributed by atoms with Crippen LogP contribution in [-0.4, -0.2) is 28.5 Å². The summed E-state index contributed by atoms with van der Waals surface area (Å²) in [5, 5.41) is 5.49. The fourth-order valence-electron chi connectivity index (χ4n) is 2.99. The van der Waals surface area contributed by atoms with Crippen molar-refractivity contribution in [3.8, 4) is 0 Å². The van der Waals surface area contributed by atoms with Crippen molar-refractivity contribution in [2.24, 2.45) is 0 Å². The van der Waals surface area contributed by atoms with Gasteiger partial charge in [-0.1, -0.05) is 18.2 Å². The summed E-state index contributed by atoms with van der Waals surface area (Å²) in [6, 6.07) is 12.6. The number of hydrogen-bond donors (Lipinski definition) is 2. The van der Waals surface area contributed by atoms with Gasteiger partial charge in [0.2, 0.25) is 5.91 Å². The van der Waals surface area contributed by atoms with Crippen molar-refractivity contribution in [3.05, 3.63) is 59.9 Å². The third kappa shape index (κ3) is 4.82. The van der Waals surface area contributed by atoms with E-state index in [0.717, 1.165) is 35.4 Å². The fraction of sp³-hybridized carbons (Fsp3) is 0.300. The zero-order valence-corrected chi connectivity index (χ0v) is 15.4. The summed E-state index contributed by atoms with van der Waals surface area (Å²) < 4.78 is 40.2. The molecule has 1 amide bonds. The number of aromatic nitrogens is 2. The summed E-state index contributed by atoms with van der Waals surface area (Å²) in [6.07, 6.45) is -3.69. The Morgan fingerprint density at radius 1 is 1.14 bits per heavy atom. The van der Waals surface area contributed by atoms with E-state index in [2.05, 4.69) is 20.2 Å². The van der Waals surface area contributed by atoms with Gasteiger partial charge in [0, 0.05) is 18.8 Å². The molecule has 0 saturated heterocycles. The van der Waals surface area contributed by atoms with Crippen molar-refractivity contribution in [1.82, 2.24) is 14.9 Å². The summed E-state index contributed by atoms with van der Waals surface area (Å²) in [5.41, 5.74) is 1.50. The predicted molar refractivity (Wildman–Crippen MR) is 102 cm³/mol. The normalized spacial score (nSPS) is 11.6. The first-order valence-corrected chi connectivity index (χ1v) is 8.94. The summed E-state index contributed by atoms with van der Waals surface area (Å²) in [6.45, 7) is 3.04. The Hall–Kier alpha value is -3.03. The maximum Gasteiger partial charge on any atom is 0.416 e. The van der Waals surface area contributed by atoms with E-state index in [1.807, 2.05) is 31.2 Å². The van der Waals surface area contributed by atoms with Gasteiger partial charge < -0.3 is 15.2 Å². The Balaban J connectivity index is 1.44. The highest BCUT2D eigenvalue weighted by atomic mass is 19.4. The molecule has 0 fully saturated rings. The molecule has 0 aliphatic heterocycles. The van der Waals surface area contributed by atoms with Crippen LogP contribution in [0.2, 0.25) is 0 Å². The minimum Gasteiger partial charge on any atom is -0.376 e. The number of benzene rings is 2. The predicted octanol–water partition coefficient (Wildman–Crippen LogP) is 3.98. The van der Waals surface area contributed by atoms with Crippen molar-refractivity contribution >= 4 is 22.6 Å². The highest BCUT2D eigenvalue weighted by Crippen LogP contribution is 2.30. The lowest BCUT2D eigenvalue weighted by atomic mass is 10.2. The molecule has 0 spiro atoms. The number of nitrogens with zero attached hydrogens (tertiary/aromatic N) is 2. The lowest BCUT2D eigenvalue weighted by Crippen LogP contribution is -2.31. The molecule has 3 aromatic rings. The van der Waals surface area contributed by atoms with Crippen molar-refractivity contribution in [1.29, 1.82) is 0 Å². The van der Waals surface area contributed by atoms with Crippen LogP contribution in [0.5, 0.6) is 0 Å². The molecule has 1 aromatic heterocycles. The zero-order valence-electron chi connectivity index (χ0n) is 15.4. The smallest absolute Gasteiger partial charge is 0.376 e. The molecule has 0 unspecified atom stereocenters. The number of para-hydroxylation sites is 2. The fourth-order valence-corrected chi connectivity index (χ4v) is 2.99. The van der Waals surface area contributed by atoms with Gasteiger partial charge in [0.15, 0.2) is 0 Å². The highest BCUT2D eigenvalue weighted by Gasteiger charge is 2.30. The van der Waals surface area contributed by atoms with Gasteiger partial charge in [-0.25, -0.2) is 4.98 Å². The Kier molecular flexibility index (Phi) is 5.87. The van der Waals surface area contributed by atoms with Crippen LogP contribution in [0.15, 0.2) is 48.5 Å². The number of imidazole rings is 1.